The van der Waals surface area contributed by atoms with Crippen molar-refractivity contribution in [1.29, 1.82) is 0 Å². The molecule has 2 nitrogen and oxygen atoms in total. The van der Waals surface area contributed by atoms with Gasteiger partial charge in [-0.1, -0.05) is 12.1 Å². The summed E-state index contributed by atoms with van der Waals surface area (Å²) in [6.07, 6.45) is 1.85. The summed E-state index contributed by atoms with van der Waals surface area (Å²) in [6.45, 7) is 0. The molecule has 0 bridgehead atoms. The number of hydrogen-bond acceptors (Lipinski definition) is 1. The molecule has 3 heteroatoms. The Kier molecular flexibility index (Phi) is 2.11. The Balaban J connectivity index is 2.34. The van der Waals surface area contributed by atoms with E-state index in [2.05, 4.69) is 4.98 Å². The fraction of sp³-hybridized carbons (Fsp3) is 0. The molecular formula is C14H11FN2. The van der Waals surface area contributed by atoms with Crippen LogP contribution in [0.2, 0.25) is 0 Å². The number of H-pyrrole nitrogens is 1. The summed E-state index contributed by atoms with van der Waals surface area (Å²) in [5.74, 6) is -0.257. The van der Waals surface area contributed by atoms with Crippen LogP contribution >= 0.6 is 0 Å². The molecule has 0 aliphatic heterocycles. The number of aromatic nitrogens is 1. The van der Waals surface area contributed by atoms with Crippen LogP contribution in [0.1, 0.15) is 0 Å². The lowest BCUT2D eigenvalue weighted by molar-refractivity contribution is 0.631. The standard InChI is InChI=1S/C14H11FN2/c15-13-5-4-9(16)8-12(13)10-2-1-3-14-11(10)6-7-17-14/h1-8,17H,16H2. The van der Waals surface area contributed by atoms with Gasteiger partial charge in [-0.3, -0.25) is 0 Å². The normalized spacial score (nSPS) is 10.9. The third-order valence-electron chi connectivity index (χ3n) is 2.88. The molecule has 0 amide bonds. The smallest absolute Gasteiger partial charge is 0.131 e. The molecule has 0 aliphatic rings. The fourth-order valence-corrected chi connectivity index (χ4v) is 2.07. The first-order valence-electron chi connectivity index (χ1n) is 5.37. The summed E-state index contributed by atoms with van der Waals surface area (Å²) in [7, 11) is 0. The first kappa shape index (κ1) is 9.90. The van der Waals surface area contributed by atoms with E-state index in [9.17, 15) is 4.39 Å². The van der Waals surface area contributed by atoms with Crippen molar-refractivity contribution in [2.75, 3.05) is 5.73 Å². The van der Waals surface area contributed by atoms with Gasteiger partial charge in [-0.25, -0.2) is 4.39 Å². The topological polar surface area (TPSA) is 41.8 Å². The second kappa shape index (κ2) is 3.63. The Labute approximate surface area is 97.9 Å². The lowest BCUT2D eigenvalue weighted by Gasteiger charge is -2.06. The zero-order valence-electron chi connectivity index (χ0n) is 9.07. The molecule has 3 N–H and O–H groups in total. The predicted octanol–water partition coefficient (Wildman–Crippen LogP) is 3.56. The summed E-state index contributed by atoms with van der Waals surface area (Å²) < 4.78 is 13.8. The Morgan fingerprint density at radius 3 is 2.76 bits per heavy atom. The molecule has 0 saturated carbocycles. The molecule has 17 heavy (non-hydrogen) atoms. The quantitative estimate of drug-likeness (QED) is 0.612. The Morgan fingerprint density at radius 1 is 1.00 bits per heavy atom. The number of nitrogens with two attached hydrogens (primary N) is 1. The molecular weight excluding hydrogens is 215 g/mol. The highest BCUT2D eigenvalue weighted by Gasteiger charge is 2.09. The Morgan fingerprint density at radius 2 is 1.88 bits per heavy atom. The molecule has 3 aromatic rings. The van der Waals surface area contributed by atoms with Crippen LogP contribution in [0.15, 0.2) is 48.7 Å². The van der Waals surface area contributed by atoms with Gasteiger partial charge in [0.05, 0.1) is 0 Å². The Bertz CT molecular complexity index is 686. The summed E-state index contributed by atoms with van der Waals surface area (Å²) in [6, 6.07) is 12.3. The minimum Gasteiger partial charge on any atom is -0.399 e. The molecule has 0 radical (unpaired) electrons. The van der Waals surface area contributed by atoms with Gasteiger partial charge < -0.3 is 10.7 Å². The van der Waals surface area contributed by atoms with Crippen molar-refractivity contribution >= 4 is 16.6 Å². The van der Waals surface area contributed by atoms with Crippen LogP contribution in [0.4, 0.5) is 10.1 Å². The molecule has 3 rings (SSSR count). The number of hydrogen-bond donors (Lipinski definition) is 2. The van der Waals surface area contributed by atoms with Crippen LogP contribution in [0, 0.1) is 5.82 Å². The van der Waals surface area contributed by atoms with Crippen LogP contribution in [-0.4, -0.2) is 4.98 Å². The van der Waals surface area contributed by atoms with Gasteiger partial charge in [0, 0.05) is 28.4 Å². The van der Waals surface area contributed by atoms with E-state index in [0.717, 1.165) is 16.5 Å². The van der Waals surface area contributed by atoms with Gasteiger partial charge in [0.25, 0.3) is 0 Å². The van der Waals surface area contributed by atoms with Crippen molar-refractivity contribution < 1.29 is 4.39 Å². The Hall–Kier alpha value is -2.29. The van der Waals surface area contributed by atoms with Crippen molar-refractivity contribution in [3.8, 4) is 11.1 Å². The maximum Gasteiger partial charge on any atom is 0.131 e. The number of nitrogens with one attached hydrogen (secondary N) is 1. The first-order chi connectivity index (χ1) is 8.25. The number of rotatable bonds is 1. The van der Waals surface area contributed by atoms with Crippen LogP contribution in [0.3, 0.4) is 0 Å². The molecule has 1 aromatic heterocycles. The fourth-order valence-electron chi connectivity index (χ4n) is 2.07. The second-order valence-electron chi connectivity index (χ2n) is 3.98. The van der Waals surface area contributed by atoms with E-state index in [1.54, 1.807) is 12.1 Å². The zero-order valence-corrected chi connectivity index (χ0v) is 9.07. The number of aromatic amines is 1. The molecule has 0 fully saturated rings. The third kappa shape index (κ3) is 1.56. The minimum atomic E-state index is -0.257. The van der Waals surface area contributed by atoms with Crippen molar-refractivity contribution in [3.63, 3.8) is 0 Å². The maximum absolute atomic E-state index is 13.8. The van der Waals surface area contributed by atoms with Gasteiger partial charge in [-0.2, -0.15) is 0 Å². The highest BCUT2D eigenvalue weighted by atomic mass is 19.1. The van der Waals surface area contributed by atoms with Crippen molar-refractivity contribution in [2.45, 2.75) is 0 Å². The molecule has 0 saturated heterocycles. The van der Waals surface area contributed by atoms with Gasteiger partial charge in [0.1, 0.15) is 5.82 Å². The number of benzene rings is 2. The zero-order chi connectivity index (χ0) is 11.8. The number of halogens is 1. The van der Waals surface area contributed by atoms with Crippen molar-refractivity contribution in [3.05, 3.63) is 54.5 Å². The highest BCUT2D eigenvalue weighted by Crippen LogP contribution is 2.31. The average molecular weight is 226 g/mol. The molecule has 1 heterocycles. The van der Waals surface area contributed by atoms with Gasteiger partial charge in [0.15, 0.2) is 0 Å². The summed E-state index contributed by atoms with van der Waals surface area (Å²) >= 11 is 0. The molecule has 0 aliphatic carbocycles. The van der Waals surface area contributed by atoms with Gasteiger partial charge >= 0.3 is 0 Å². The lowest BCUT2D eigenvalue weighted by Crippen LogP contribution is -1.89. The van der Waals surface area contributed by atoms with Crippen LogP contribution in [-0.2, 0) is 0 Å². The molecule has 84 valence electrons. The molecule has 0 unspecified atom stereocenters. The third-order valence-corrected chi connectivity index (χ3v) is 2.88. The summed E-state index contributed by atoms with van der Waals surface area (Å²) in [5, 5.41) is 0.997. The predicted molar refractivity (Wildman–Crippen MR) is 68.1 cm³/mol. The second-order valence-corrected chi connectivity index (χ2v) is 3.98. The van der Waals surface area contributed by atoms with E-state index in [4.69, 9.17) is 5.73 Å². The average Bonchev–Trinajstić information content (AvgIpc) is 2.80. The maximum atomic E-state index is 13.8. The van der Waals surface area contributed by atoms with Crippen LogP contribution in [0.25, 0.3) is 22.0 Å². The van der Waals surface area contributed by atoms with Gasteiger partial charge in [-0.15, -0.1) is 0 Å². The number of anilines is 1. The largest absolute Gasteiger partial charge is 0.399 e. The van der Waals surface area contributed by atoms with E-state index in [1.165, 1.54) is 6.07 Å². The molecule has 2 aromatic carbocycles. The number of nitrogen functional groups attached to an aromatic ring is 1. The van der Waals surface area contributed by atoms with Gasteiger partial charge in [-0.05, 0) is 35.9 Å². The minimum absolute atomic E-state index is 0.257. The van der Waals surface area contributed by atoms with Crippen molar-refractivity contribution in [2.24, 2.45) is 0 Å². The summed E-state index contributed by atoms with van der Waals surface area (Å²) in [4.78, 5) is 3.11. The van der Waals surface area contributed by atoms with E-state index in [0.29, 0.717) is 11.3 Å². The van der Waals surface area contributed by atoms with E-state index in [1.807, 2.05) is 30.5 Å². The first-order valence-corrected chi connectivity index (χ1v) is 5.37. The summed E-state index contributed by atoms with van der Waals surface area (Å²) in [5.41, 5.74) is 8.66. The van der Waals surface area contributed by atoms with Crippen LogP contribution < -0.4 is 5.73 Å². The van der Waals surface area contributed by atoms with Crippen LogP contribution in [0.5, 0.6) is 0 Å². The molecule has 0 spiro atoms. The van der Waals surface area contributed by atoms with Crippen molar-refractivity contribution in [1.82, 2.24) is 4.98 Å². The monoisotopic (exact) mass is 226 g/mol. The van der Waals surface area contributed by atoms with E-state index >= 15 is 0 Å². The van der Waals surface area contributed by atoms with E-state index in [-0.39, 0.29) is 5.82 Å². The number of fused-ring (bicyclic) bond motifs is 1. The lowest BCUT2D eigenvalue weighted by atomic mass is 10.0. The van der Waals surface area contributed by atoms with E-state index < -0.39 is 0 Å². The molecule has 0 atom stereocenters. The highest BCUT2D eigenvalue weighted by molar-refractivity contribution is 5.95. The van der Waals surface area contributed by atoms with Gasteiger partial charge in [0.2, 0.25) is 0 Å². The SMILES string of the molecule is Nc1ccc(F)c(-c2cccc3[nH]ccc23)c1.